The molecule has 2 amide bonds. The van der Waals surface area contributed by atoms with Gasteiger partial charge in [0.1, 0.15) is 5.75 Å². The predicted molar refractivity (Wildman–Crippen MR) is 87.0 cm³/mol. The van der Waals surface area contributed by atoms with Gasteiger partial charge in [0.15, 0.2) is 0 Å². The summed E-state index contributed by atoms with van der Waals surface area (Å²) in [6.45, 7) is 4.53. The Kier molecular flexibility index (Phi) is 4.55. The van der Waals surface area contributed by atoms with Crippen molar-refractivity contribution in [3.63, 3.8) is 0 Å². The number of phenolic OH excluding ortho intramolecular Hbond substituents is 1. The number of nitrogens with zero attached hydrogens (tertiary/aromatic N) is 2. The maximum Gasteiger partial charge on any atom is 0.227 e. The molecular weight excluding hydrogens is 292 g/mol. The van der Waals surface area contributed by atoms with E-state index < -0.39 is 0 Å². The summed E-state index contributed by atoms with van der Waals surface area (Å²) in [7, 11) is 0. The fraction of sp³-hybridized carbons (Fsp3) is 0.556. The molecule has 1 aromatic rings. The average Bonchev–Trinajstić information content (AvgIpc) is 3.36. The third-order valence-electron chi connectivity index (χ3n) is 4.72. The molecule has 5 heteroatoms. The lowest BCUT2D eigenvalue weighted by atomic mass is 10.1. The summed E-state index contributed by atoms with van der Waals surface area (Å²) in [5.41, 5.74) is 1.64. The number of hydrogen-bond donors (Lipinski definition) is 1. The third kappa shape index (κ3) is 3.84. The van der Waals surface area contributed by atoms with Gasteiger partial charge in [-0.3, -0.25) is 9.59 Å². The van der Waals surface area contributed by atoms with Gasteiger partial charge in [-0.1, -0.05) is 12.1 Å². The maximum absolute atomic E-state index is 12.5. The van der Waals surface area contributed by atoms with E-state index in [-0.39, 0.29) is 23.5 Å². The topological polar surface area (TPSA) is 60.9 Å². The van der Waals surface area contributed by atoms with E-state index in [1.807, 2.05) is 28.9 Å². The van der Waals surface area contributed by atoms with Crippen LogP contribution in [0.2, 0.25) is 0 Å². The van der Waals surface area contributed by atoms with E-state index in [1.54, 1.807) is 6.07 Å². The molecule has 2 aliphatic rings. The molecule has 5 nitrogen and oxygen atoms in total. The van der Waals surface area contributed by atoms with Crippen molar-refractivity contribution < 1.29 is 14.7 Å². The van der Waals surface area contributed by atoms with Gasteiger partial charge >= 0.3 is 0 Å². The maximum atomic E-state index is 12.5. The second-order valence-electron chi connectivity index (χ2n) is 6.63. The fourth-order valence-electron chi connectivity index (χ4n) is 3.03. The second-order valence-corrected chi connectivity index (χ2v) is 6.63. The molecule has 0 aromatic heterocycles. The highest BCUT2D eigenvalue weighted by molar-refractivity contribution is 5.81. The number of amides is 2. The highest BCUT2D eigenvalue weighted by Crippen LogP contribution is 2.31. The molecule has 0 spiro atoms. The molecule has 1 saturated carbocycles. The molecule has 3 rings (SSSR count). The fourth-order valence-corrected chi connectivity index (χ4v) is 3.03. The lowest BCUT2D eigenvalue weighted by Gasteiger charge is -2.22. The van der Waals surface area contributed by atoms with Gasteiger partial charge in [-0.15, -0.1) is 0 Å². The molecule has 1 aromatic carbocycles. The number of rotatable bonds is 3. The molecule has 124 valence electrons. The molecule has 0 radical (unpaired) electrons. The van der Waals surface area contributed by atoms with Gasteiger partial charge in [0, 0.05) is 32.1 Å². The van der Waals surface area contributed by atoms with Crippen LogP contribution in [0.3, 0.4) is 0 Å². The Morgan fingerprint density at radius 1 is 1.13 bits per heavy atom. The van der Waals surface area contributed by atoms with Crippen molar-refractivity contribution in [2.45, 2.75) is 32.6 Å². The number of aryl methyl sites for hydroxylation is 1. The third-order valence-corrected chi connectivity index (χ3v) is 4.72. The molecule has 1 N–H and O–H groups in total. The van der Waals surface area contributed by atoms with Gasteiger partial charge in [0.05, 0.1) is 6.42 Å². The highest BCUT2D eigenvalue weighted by atomic mass is 16.3. The number of aromatic hydroxyl groups is 1. The predicted octanol–water partition coefficient (Wildman–Crippen LogP) is 1.71. The van der Waals surface area contributed by atoms with Gasteiger partial charge < -0.3 is 14.9 Å². The summed E-state index contributed by atoms with van der Waals surface area (Å²) in [6, 6.07) is 5.37. The summed E-state index contributed by atoms with van der Waals surface area (Å²) >= 11 is 0. The number of carbonyl (C=O) groups excluding carboxylic acids is 2. The van der Waals surface area contributed by atoms with Crippen molar-refractivity contribution in [3.8, 4) is 5.75 Å². The van der Waals surface area contributed by atoms with Crippen LogP contribution in [0.15, 0.2) is 18.2 Å². The summed E-state index contributed by atoms with van der Waals surface area (Å²) in [5.74, 6) is 0.803. The molecule has 0 atom stereocenters. The van der Waals surface area contributed by atoms with Gasteiger partial charge in [0.25, 0.3) is 0 Å². The second kappa shape index (κ2) is 6.60. The van der Waals surface area contributed by atoms with Crippen molar-refractivity contribution in [3.05, 3.63) is 29.3 Å². The van der Waals surface area contributed by atoms with E-state index in [0.29, 0.717) is 26.1 Å². The summed E-state index contributed by atoms with van der Waals surface area (Å²) < 4.78 is 0. The van der Waals surface area contributed by atoms with Gasteiger partial charge in [-0.2, -0.15) is 0 Å². The van der Waals surface area contributed by atoms with Crippen molar-refractivity contribution in [1.82, 2.24) is 9.80 Å². The summed E-state index contributed by atoms with van der Waals surface area (Å²) in [4.78, 5) is 28.4. The summed E-state index contributed by atoms with van der Waals surface area (Å²) in [6.07, 6.45) is 3.18. The standard InChI is InChI=1S/C18H24N2O3/c1-13-3-4-14(11-16(13)21)12-17(22)19-7-2-8-20(10-9-19)18(23)15-5-6-15/h3-4,11,15,21H,2,5-10,12H2,1H3. The van der Waals surface area contributed by atoms with Gasteiger partial charge in [0.2, 0.25) is 11.8 Å². The molecule has 2 fully saturated rings. The van der Waals surface area contributed by atoms with Gasteiger partial charge in [-0.25, -0.2) is 0 Å². The highest BCUT2D eigenvalue weighted by Gasteiger charge is 2.34. The quantitative estimate of drug-likeness (QED) is 0.923. The monoisotopic (exact) mass is 316 g/mol. The van der Waals surface area contributed by atoms with Crippen LogP contribution in [0, 0.1) is 12.8 Å². The number of benzene rings is 1. The Labute approximate surface area is 136 Å². The van der Waals surface area contributed by atoms with Crippen LogP contribution in [-0.2, 0) is 16.0 Å². The number of hydrogen-bond acceptors (Lipinski definition) is 3. The Bertz CT molecular complexity index is 610. The first-order valence-electron chi connectivity index (χ1n) is 8.39. The summed E-state index contributed by atoms with van der Waals surface area (Å²) in [5, 5.41) is 9.75. The molecular formula is C18H24N2O3. The Morgan fingerprint density at radius 3 is 2.52 bits per heavy atom. The molecule has 1 aliphatic carbocycles. The lowest BCUT2D eigenvalue weighted by Crippen LogP contribution is -2.38. The minimum absolute atomic E-state index is 0.0639. The van der Waals surface area contributed by atoms with Crippen molar-refractivity contribution in [2.24, 2.45) is 5.92 Å². The SMILES string of the molecule is Cc1ccc(CC(=O)N2CCCN(C(=O)C3CC3)CC2)cc1O. The zero-order chi connectivity index (χ0) is 16.4. The minimum atomic E-state index is 0.0639. The van der Waals surface area contributed by atoms with Crippen molar-refractivity contribution >= 4 is 11.8 Å². The van der Waals surface area contributed by atoms with Crippen molar-refractivity contribution in [2.75, 3.05) is 26.2 Å². The van der Waals surface area contributed by atoms with Gasteiger partial charge in [-0.05, 0) is 43.4 Å². The molecule has 1 heterocycles. The van der Waals surface area contributed by atoms with E-state index >= 15 is 0 Å². The lowest BCUT2D eigenvalue weighted by molar-refractivity contribution is -0.134. The number of phenols is 1. The van der Waals surface area contributed by atoms with Crippen LogP contribution < -0.4 is 0 Å². The zero-order valence-electron chi connectivity index (χ0n) is 13.6. The normalized spacial score (nSPS) is 18.7. The van der Waals surface area contributed by atoms with Crippen LogP contribution in [0.1, 0.15) is 30.4 Å². The van der Waals surface area contributed by atoms with Crippen molar-refractivity contribution in [1.29, 1.82) is 0 Å². The minimum Gasteiger partial charge on any atom is -0.508 e. The molecule has 1 aliphatic heterocycles. The first kappa shape index (κ1) is 15.8. The molecule has 23 heavy (non-hydrogen) atoms. The smallest absolute Gasteiger partial charge is 0.227 e. The number of carbonyl (C=O) groups is 2. The molecule has 1 saturated heterocycles. The van der Waals surface area contributed by atoms with E-state index in [4.69, 9.17) is 0 Å². The Morgan fingerprint density at radius 2 is 1.83 bits per heavy atom. The largest absolute Gasteiger partial charge is 0.508 e. The zero-order valence-corrected chi connectivity index (χ0v) is 13.6. The van der Waals surface area contributed by atoms with E-state index in [0.717, 1.165) is 36.9 Å². The first-order valence-corrected chi connectivity index (χ1v) is 8.39. The van der Waals surface area contributed by atoms with Crippen LogP contribution in [-0.4, -0.2) is 52.9 Å². The Hall–Kier alpha value is -2.04. The van der Waals surface area contributed by atoms with E-state index in [2.05, 4.69) is 0 Å². The van der Waals surface area contributed by atoms with Crippen LogP contribution in [0.4, 0.5) is 0 Å². The van der Waals surface area contributed by atoms with E-state index in [9.17, 15) is 14.7 Å². The van der Waals surface area contributed by atoms with Crippen LogP contribution >= 0.6 is 0 Å². The Balaban J connectivity index is 1.57. The molecule has 0 bridgehead atoms. The van der Waals surface area contributed by atoms with Crippen LogP contribution in [0.5, 0.6) is 5.75 Å². The molecule has 0 unspecified atom stereocenters. The van der Waals surface area contributed by atoms with Crippen LogP contribution in [0.25, 0.3) is 0 Å². The first-order chi connectivity index (χ1) is 11.0. The average molecular weight is 316 g/mol. The van der Waals surface area contributed by atoms with E-state index in [1.165, 1.54) is 0 Å².